The third kappa shape index (κ3) is 7.04. The van der Waals surface area contributed by atoms with Crippen molar-refractivity contribution in [3.05, 3.63) is 99.5 Å². The van der Waals surface area contributed by atoms with Crippen molar-refractivity contribution in [1.29, 1.82) is 0 Å². The van der Waals surface area contributed by atoms with Crippen LogP contribution < -0.4 is 9.47 Å². The Labute approximate surface area is 346 Å². The molecule has 2 aromatic rings. The number of nitrogens with zero attached hydrogens (tertiary/aromatic N) is 2. The average molecular weight is 805 g/mol. The predicted molar refractivity (Wildman–Crippen MR) is 223 cm³/mol. The number of aromatic nitrogens is 1. The molecule has 4 heterocycles. The maximum atomic E-state index is 15.1. The topological polar surface area (TPSA) is 142 Å². The van der Waals surface area contributed by atoms with Crippen LogP contribution in [0, 0.1) is 11.8 Å². The molecule has 6 aliphatic rings. The van der Waals surface area contributed by atoms with E-state index in [0.717, 1.165) is 12.0 Å². The van der Waals surface area contributed by atoms with Gasteiger partial charge in [-0.25, -0.2) is 0 Å². The summed E-state index contributed by atoms with van der Waals surface area (Å²) >= 11 is 0. The largest absolute Gasteiger partial charge is 0.506 e. The van der Waals surface area contributed by atoms with E-state index in [1.165, 1.54) is 10.5 Å². The van der Waals surface area contributed by atoms with Crippen LogP contribution in [0.15, 0.2) is 77.1 Å². The van der Waals surface area contributed by atoms with Crippen LogP contribution in [0.2, 0.25) is 0 Å². The van der Waals surface area contributed by atoms with Gasteiger partial charge in [-0.3, -0.25) is 24.2 Å². The highest BCUT2D eigenvalue weighted by Gasteiger charge is 2.81. The molecule has 3 aliphatic carbocycles. The minimum atomic E-state index is -1.70. The zero-order valence-corrected chi connectivity index (χ0v) is 35.7. The number of amides is 1. The Morgan fingerprint density at radius 3 is 2.44 bits per heavy atom. The summed E-state index contributed by atoms with van der Waals surface area (Å²) in [4.78, 5) is 62.6. The second kappa shape index (κ2) is 15.4. The van der Waals surface area contributed by atoms with Crippen LogP contribution >= 0.6 is 0 Å². The standard InChI is InChI=1S/C48H56N2O9/c1-10-56-37(51)27-50(26-32-15-11-12-23-49-32)44(55)30(6)18-22-47-43(54)31-24-35-40(53)38-39(52)33-19-21-46(9,20-13-14-28(2)3)57-41(33)34(17-16-29(4)5)42(38)58-48(35,47)36(25-31)45(7,8)59-47/h11-12,14-16,18-19,21,23-24,31,36,52H,10,13,17,20,22,25-27H2,1-9H3. The number of ether oxygens (including phenoxy) is 4. The summed E-state index contributed by atoms with van der Waals surface area (Å²) in [6, 6.07) is 5.34. The fraction of sp³-hybridized carbons (Fsp3) is 0.479. The number of aromatic hydroxyl groups is 1. The van der Waals surface area contributed by atoms with Gasteiger partial charge in [0.2, 0.25) is 5.91 Å². The van der Waals surface area contributed by atoms with Crippen molar-refractivity contribution in [2.45, 2.75) is 123 Å². The first kappa shape index (κ1) is 41.9. The Balaban J connectivity index is 1.34. The number of ketones is 2. The van der Waals surface area contributed by atoms with E-state index in [1.54, 1.807) is 50.4 Å². The summed E-state index contributed by atoms with van der Waals surface area (Å²) in [7, 11) is 0. The Morgan fingerprint density at radius 2 is 1.76 bits per heavy atom. The summed E-state index contributed by atoms with van der Waals surface area (Å²) in [5.74, 6) is -2.35. The maximum absolute atomic E-state index is 15.1. The SMILES string of the molecule is CCOC(=O)CN(Cc1ccccn1)C(=O)C(C)=CCC12OC(C)(C)C3CC(C=C4C(=O)c5c(O)c6c(c(CC=C(C)C)c5OC431)OC(C)(CCC=C(C)C)C=C6)C2=O. The monoisotopic (exact) mass is 804 g/mol. The predicted octanol–water partition coefficient (Wildman–Crippen LogP) is 8.14. The van der Waals surface area contributed by atoms with Gasteiger partial charge in [0.05, 0.1) is 30.0 Å². The van der Waals surface area contributed by atoms with Gasteiger partial charge in [0.25, 0.3) is 0 Å². The van der Waals surface area contributed by atoms with Gasteiger partial charge in [-0.1, -0.05) is 41.5 Å². The van der Waals surface area contributed by atoms with Crippen molar-refractivity contribution in [2.24, 2.45) is 11.8 Å². The van der Waals surface area contributed by atoms with Gasteiger partial charge in [-0.05, 0) is 112 Å². The number of carbonyl (C=O) groups excluding carboxylic acids is 4. The number of pyridine rings is 1. The molecular formula is C48H56N2O9. The molecule has 1 spiro atoms. The number of benzene rings is 1. The molecule has 8 rings (SSSR count). The highest BCUT2D eigenvalue weighted by Crippen LogP contribution is 2.68. The molecule has 1 saturated heterocycles. The van der Waals surface area contributed by atoms with Crippen molar-refractivity contribution < 1.29 is 43.2 Å². The van der Waals surface area contributed by atoms with E-state index in [-0.39, 0.29) is 60.1 Å². The van der Waals surface area contributed by atoms with Crippen LogP contribution in [0.3, 0.4) is 0 Å². The maximum Gasteiger partial charge on any atom is 0.325 e. The van der Waals surface area contributed by atoms with Gasteiger partial charge in [-0.2, -0.15) is 0 Å². The molecule has 4 bridgehead atoms. The molecule has 1 saturated carbocycles. The first-order chi connectivity index (χ1) is 27.9. The molecule has 1 aromatic heterocycles. The van der Waals surface area contributed by atoms with E-state index >= 15 is 4.79 Å². The normalized spacial score (nSPS) is 26.7. The molecule has 5 unspecified atom stereocenters. The molecule has 59 heavy (non-hydrogen) atoms. The second-order valence-corrected chi connectivity index (χ2v) is 17.7. The molecule has 5 atom stereocenters. The quantitative estimate of drug-likeness (QED) is 0.120. The highest BCUT2D eigenvalue weighted by molar-refractivity contribution is 6.19. The molecule has 11 nitrogen and oxygen atoms in total. The van der Waals surface area contributed by atoms with Crippen LogP contribution in [-0.2, 0) is 36.8 Å². The van der Waals surface area contributed by atoms with Crippen LogP contribution in [-0.4, -0.2) is 74.0 Å². The average Bonchev–Trinajstić information content (AvgIpc) is 3.33. The Hall–Kier alpha value is -5.29. The van der Waals surface area contributed by atoms with Gasteiger partial charge >= 0.3 is 5.97 Å². The van der Waals surface area contributed by atoms with Gasteiger partial charge < -0.3 is 29.0 Å². The van der Waals surface area contributed by atoms with Gasteiger partial charge in [-0.15, -0.1) is 0 Å². The highest BCUT2D eigenvalue weighted by atomic mass is 16.6. The minimum Gasteiger partial charge on any atom is -0.506 e. The van der Waals surface area contributed by atoms with E-state index in [1.807, 2.05) is 52.8 Å². The molecular weight excluding hydrogens is 749 g/mol. The smallest absolute Gasteiger partial charge is 0.325 e. The lowest BCUT2D eigenvalue weighted by atomic mass is 9.51. The number of Topliss-reactive ketones (excluding diaryl/α,β-unsaturated/α-hetero) is 2. The van der Waals surface area contributed by atoms with Crippen molar-refractivity contribution in [2.75, 3.05) is 13.2 Å². The van der Waals surface area contributed by atoms with E-state index in [0.29, 0.717) is 41.8 Å². The first-order valence-corrected chi connectivity index (χ1v) is 20.7. The Bertz CT molecular complexity index is 2260. The van der Waals surface area contributed by atoms with Crippen LogP contribution in [0.5, 0.6) is 17.2 Å². The Morgan fingerprint density at radius 1 is 1.02 bits per heavy atom. The number of esters is 1. The molecule has 2 fully saturated rings. The Kier molecular flexibility index (Phi) is 10.9. The van der Waals surface area contributed by atoms with E-state index in [4.69, 9.17) is 18.9 Å². The molecule has 1 amide bonds. The number of rotatable bonds is 13. The molecule has 0 radical (unpaired) electrons. The zero-order valence-electron chi connectivity index (χ0n) is 35.7. The third-order valence-electron chi connectivity index (χ3n) is 12.5. The summed E-state index contributed by atoms with van der Waals surface area (Å²) in [6.07, 6.45) is 15.1. The lowest BCUT2D eigenvalue weighted by molar-refractivity contribution is -0.171. The number of fused-ring (bicyclic) bond motifs is 2. The summed E-state index contributed by atoms with van der Waals surface area (Å²) < 4.78 is 26.3. The van der Waals surface area contributed by atoms with Gasteiger partial charge in [0.15, 0.2) is 22.8 Å². The fourth-order valence-corrected chi connectivity index (χ4v) is 9.67. The molecule has 312 valence electrons. The van der Waals surface area contributed by atoms with E-state index < -0.39 is 51.9 Å². The van der Waals surface area contributed by atoms with E-state index in [2.05, 4.69) is 24.9 Å². The summed E-state index contributed by atoms with van der Waals surface area (Å²) in [6.45, 7) is 17.2. The van der Waals surface area contributed by atoms with Crippen LogP contribution in [0.25, 0.3) is 6.08 Å². The lowest BCUT2D eigenvalue weighted by Gasteiger charge is -2.56. The van der Waals surface area contributed by atoms with Gasteiger partial charge in [0, 0.05) is 41.2 Å². The second-order valence-electron chi connectivity index (χ2n) is 17.7. The van der Waals surface area contributed by atoms with E-state index in [9.17, 15) is 19.5 Å². The number of phenols is 1. The summed E-state index contributed by atoms with van der Waals surface area (Å²) in [5.41, 5.74) is -0.479. The number of hydrogen-bond donors (Lipinski definition) is 1. The third-order valence-corrected chi connectivity index (χ3v) is 12.5. The molecule has 1 N–H and O–H groups in total. The molecule has 11 heteroatoms. The molecule has 1 aromatic carbocycles. The van der Waals surface area contributed by atoms with Crippen molar-refractivity contribution in [3.63, 3.8) is 0 Å². The van der Waals surface area contributed by atoms with Crippen molar-refractivity contribution >= 4 is 29.5 Å². The van der Waals surface area contributed by atoms with Crippen LogP contribution in [0.4, 0.5) is 0 Å². The van der Waals surface area contributed by atoms with Gasteiger partial charge in [0.1, 0.15) is 35.0 Å². The summed E-state index contributed by atoms with van der Waals surface area (Å²) in [5, 5.41) is 12.0. The first-order valence-electron chi connectivity index (χ1n) is 20.7. The number of phenolic OH excluding ortho intramolecular Hbond substituents is 1. The van der Waals surface area contributed by atoms with Crippen molar-refractivity contribution in [3.8, 4) is 17.2 Å². The zero-order chi connectivity index (χ0) is 42.7. The van der Waals surface area contributed by atoms with Crippen LogP contribution in [0.1, 0.15) is 115 Å². The number of hydrogen-bond acceptors (Lipinski definition) is 10. The fourth-order valence-electron chi connectivity index (χ4n) is 9.67. The lowest BCUT2D eigenvalue weighted by Crippen LogP contribution is -2.72. The minimum absolute atomic E-state index is 0.0394. The molecule has 3 aliphatic heterocycles. The van der Waals surface area contributed by atoms with Crippen molar-refractivity contribution in [1.82, 2.24) is 9.88 Å². The number of carbonyl (C=O) groups is 4. The number of allylic oxidation sites excluding steroid dienone is 5.